The second-order valence-corrected chi connectivity index (χ2v) is 8.71. The number of benzene rings is 2. The first kappa shape index (κ1) is 20.1. The Morgan fingerprint density at radius 1 is 1.12 bits per heavy atom. The Hall–Kier alpha value is -3.52. The van der Waals surface area contributed by atoms with Gasteiger partial charge in [0.2, 0.25) is 18.6 Å². The van der Waals surface area contributed by atoms with Crippen molar-refractivity contribution in [3.8, 4) is 11.5 Å². The summed E-state index contributed by atoms with van der Waals surface area (Å²) in [5, 5.41) is 1.09. The molecule has 3 aliphatic rings. The van der Waals surface area contributed by atoms with E-state index < -0.39 is 12.1 Å². The van der Waals surface area contributed by atoms with E-state index in [0.29, 0.717) is 37.5 Å². The molecular formula is C25H25N3O5. The van der Waals surface area contributed by atoms with Crippen molar-refractivity contribution in [3.63, 3.8) is 0 Å². The van der Waals surface area contributed by atoms with Crippen molar-refractivity contribution in [1.82, 2.24) is 14.8 Å². The quantitative estimate of drug-likeness (QED) is 0.608. The van der Waals surface area contributed by atoms with E-state index in [4.69, 9.17) is 14.2 Å². The summed E-state index contributed by atoms with van der Waals surface area (Å²) < 4.78 is 16.2. The lowest BCUT2D eigenvalue weighted by Gasteiger charge is -2.47. The number of rotatable bonds is 5. The molecular weight excluding hydrogens is 422 g/mol. The Morgan fingerprint density at radius 2 is 1.97 bits per heavy atom. The van der Waals surface area contributed by atoms with Crippen LogP contribution >= 0.6 is 0 Å². The molecule has 170 valence electrons. The van der Waals surface area contributed by atoms with Gasteiger partial charge in [0.05, 0.1) is 12.6 Å². The van der Waals surface area contributed by atoms with Crippen LogP contribution in [0.4, 0.5) is 0 Å². The van der Waals surface area contributed by atoms with Crippen LogP contribution in [0.3, 0.4) is 0 Å². The van der Waals surface area contributed by atoms with Crippen molar-refractivity contribution in [3.05, 3.63) is 59.3 Å². The van der Waals surface area contributed by atoms with Crippen LogP contribution in [-0.2, 0) is 20.7 Å². The highest BCUT2D eigenvalue weighted by Gasteiger charge is 2.48. The fourth-order valence-electron chi connectivity index (χ4n) is 5.34. The van der Waals surface area contributed by atoms with E-state index in [1.807, 2.05) is 36.4 Å². The topological polar surface area (TPSA) is 84.1 Å². The van der Waals surface area contributed by atoms with Gasteiger partial charge in [0, 0.05) is 43.3 Å². The minimum absolute atomic E-state index is 0.00706. The maximum atomic E-state index is 13.6. The number of nitrogens with zero attached hydrogens (tertiary/aromatic N) is 2. The highest BCUT2D eigenvalue weighted by Crippen LogP contribution is 2.44. The number of ether oxygens (including phenoxy) is 3. The lowest BCUT2D eigenvalue weighted by Crippen LogP contribution is -2.63. The zero-order chi connectivity index (χ0) is 22.5. The Morgan fingerprint density at radius 3 is 2.85 bits per heavy atom. The highest BCUT2D eigenvalue weighted by molar-refractivity contribution is 5.97. The maximum Gasteiger partial charge on any atom is 0.246 e. The molecule has 2 atom stereocenters. The first-order chi connectivity index (χ1) is 16.2. The number of aromatic nitrogens is 1. The average molecular weight is 447 g/mol. The van der Waals surface area contributed by atoms with Gasteiger partial charge < -0.3 is 29.0 Å². The Balaban J connectivity index is 1.47. The molecule has 1 saturated heterocycles. The third-order valence-corrected chi connectivity index (χ3v) is 6.83. The summed E-state index contributed by atoms with van der Waals surface area (Å²) in [6, 6.07) is 12.9. The van der Waals surface area contributed by atoms with Crippen LogP contribution in [0.5, 0.6) is 11.5 Å². The lowest BCUT2D eigenvalue weighted by atomic mass is 9.86. The summed E-state index contributed by atoms with van der Waals surface area (Å²) >= 11 is 0. The number of amides is 2. The molecule has 8 nitrogen and oxygen atoms in total. The predicted octanol–water partition coefficient (Wildman–Crippen LogP) is 2.62. The summed E-state index contributed by atoms with van der Waals surface area (Å²) in [6.45, 7) is 1.33. The number of fused-ring (bicyclic) bond motifs is 5. The molecule has 0 radical (unpaired) electrons. The molecule has 33 heavy (non-hydrogen) atoms. The number of piperazine rings is 1. The second kappa shape index (κ2) is 7.81. The van der Waals surface area contributed by atoms with Crippen molar-refractivity contribution in [2.24, 2.45) is 0 Å². The molecule has 4 heterocycles. The Kier molecular flexibility index (Phi) is 4.76. The van der Waals surface area contributed by atoms with Crippen molar-refractivity contribution in [2.75, 3.05) is 33.6 Å². The highest BCUT2D eigenvalue weighted by atomic mass is 16.7. The van der Waals surface area contributed by atoms with E-state index in [2.05, 4.69) is 11.1 Å². The summed E-state index contributed by atoms with van der Waals surface area (Å²) in [7, 11) is 1.64. The number of nitrogens with one attached hydrogen (secondary N) is 1. The third kappa shape index (κ3) is 3.16. The van der Waals surface area contributed by atoms with Crippen LogP contribution in [0.15, 0.2) is 42.5 Å². The fraction of sp³-hybridized carbons (Fsp3) is 0.360. The van der Waals surface area contributed by atoms with Gasteiger partial charge in [0.25, 0.3) is 0 Å². The largest absolute Gasteiger partial charge is 0.454 e. The van der Waals surface area contributed by atoms with E-state index in [1.54, 1.807) is 16.9 Å². The summed E-state index contributed by atoms with van der Waals surface area (Å²) in [4.78, 5) is 34.1. The molecule has 1 N–H and O–H groups in total. The van der Waals surface area contributed by atoms with Gasteiger partial charge in [0.15, 0.2) is 11.5 Å². The molecule has 0 spiro atoms. The van der Waals surface area contributed by atoms with Crippen molar-refractivity contribution in [2.45, 2.75) is 24.9 Å². The van der Waals surface area contributed by atoms with Crippen LogP contribution in [0.2, 0.25) is 0 Å². The number of carbonyl (C=O) groups is 2. The van der Waals surface area contributed by atoms with Gasteiger partial charge in [-0.25, -0.2) is 0 Å². The molecule has 0 bridgehead atoms. The van der Waals surface area contributed by atoms with Gasteiger partial charge in [-0.1, -0.05) is 24.3 Å². The van der Waals surface area contributed by atoms with Crippen LogP contribution in [0.1, 0.15) is 29.3 Å². The van der Waals surface area contributed by atoms with E-state index >= 15 is 0 Å². The van der Waals surface area contributed by atoms with Crippen molar-refractivity contribution < 1.29 is 23.8 Å². The normalized spacial score (nSPS) is 21.5. The Bertz CT molecular complexity index is 1250. The summed E-state index contributed by atoms with van der Waals surface area (Å²) in [5.41, 5.74) is 3.95. The van der Waals surface area contributed by atoms with E-state index in [0.717, 1.165) is 27.7 Å². The minimum Gasteiger partial charge on any atom is -0.454 e. The maximum absolute atomic E-state index is 13.6. The number of hydrogen-bond acceptors (Lipinski definition) is 5. The second-order valence-electron chi connectivity index (χ2n) is 8.71. The standard InChI is InChI=1S/C25H25N3O5/c1-31-10-4-9-27-13-22(29)28-19(25(27)30)12-17-16-5-2-3-6-18(16)26-23(17)24(28)15-7-8-20-21(11-15)33-14-32-20/h2-3,5-8,11,19,24,26H,4,9-10,12-14H2,1H3/t19-,24-/m1/s1. The molecule has 3 aromatic rings. The molecule has 8 heteroatoms. The first-order valence-electron chi connectivity index (χ1n) is 11.2. The minimum atomic E-state index is -0.545. The van der Waals surface area contributed by atoms with Gasteiger partial charge >= 0.3 is 0 Å². The van der Waals surface area contributed by atoms with Gasteiger partial charge in [-0.15, -0.1) is 0 Å². The molecule has 3 aliphatic heterocycles. The van der Waals surface area contributed by atoms with E-state index in [-0.39, 0.29) is 25.2 Å². The fourth-order valence-corrected chi connectivity index (χ4v) is 5.34. The van der Waals surface area contributed by atoms with Gasteiger partial charge in [-0.3, -0.25) is 9.59 Å². The molecule has 2 aromatic carbocycles. The van der Waals surface area contributed by atoms with E-state index in [9.17, 15) is 9.59 Å². The van der Waals surface area contributed by atoms with Crippen LogP contribution in [0.25, 0.3) is 10.9 Å². The molecule has 1 aromatic heterocycles. The van der Waals surface area contributed by atoms with Crippen LogP contribution in [0, 0.1) is 0 Å². The van der Waals surface area contributed by atoms with Gasteiger partial charge in [-0.2, -0.15) is 0 Å². The summed E-state index contributed by atoms with van der Waals surface area (Å²) in [6.07, 6.45) is 1.19. The van der Waals surface area contributed by atoms with Gasteiger partial charge in [-0.05, 0) is 35.7 Å². The van der Waals surface area contributed by atoms with Crippen molar-refractivity contribution in [1.29, 1.82) is 0 Å². The molecule has 0 aliphatic carbocycles. The predicted molar refractivity (Wildman–Crippen MR) is 120 cm³/mol. The number of carbonyl (C=O) groups excluding carboxylic acids is 2. The average Bonchev–Trinajstić information content (AvgIpc) is 3.45. The Labute approximate surface area is 191 Å². The van der Waals surface area contributed by atoms with Crippen LogP contribution < -0.4 is 9.47 Å². The van der Waals surface area contributed by atoms with Crippen molar-refractivity contribution >= 4 is 22.7 Å². The smallest absolute Gasteiger partial charge is 0.246 e. The molecule has 2 amide bonds. The zero-order valence-electron chi connectivity index (χ0n) is 18.4. The molecule has 6 rings (SSSR count). The number of para-hydroxylation sites is 1. The molecule has 1 fully saturated rings. The van der Waals surface area contributed by atoms with E-state index in [1.165, 1.54) is 0 Å². The lowest BCUT2D eigenvalue weighted by molar-refractivity contribution is -0.158. The van der Waals surface area contributed by atoms with Gasteiger partial charge in [0.1, 0.15) is 6.04 Å². The monoisotopic (exact) mass is 447 g/mol. The summed E-state index contributed by atoms with van der Waals surface area (Å²) in [5.74, 6) is 1.29. The number of aromatic amines is 1. The number of hydrogen-bond donors (Lipinski definition) is 1. The molecule has 0 unspecified atom stereocenters. The zero-order valence-corrected chi connectivity index (χ0v) is 18.4. The first-order valence-corrected chi connectivity index (χ1v) is 11.2. The number of H-pyrrole nitrogens is 1. The SMILES string of the molecule is COCCCN1CC(=O)N2[C@H](c3ccc4c(c3)OCO4)c3[nH]c4ccccc4c3C[C@@H]2C1=O. The van der Waals surface area contributed by atoms with Crippen LogP contribution in [-0.4, -0.2) is 66.2 Å². The third-order valence-electron chi connectivity index (χ3n) is 6.83. The number of methoxy groups -OCH3 is 1. The molecule has 0 saturated carbocycles.